The molecule has 0 bridgehead atoms. The maximum absolute atomic E-state index is 12.2. The quantitative estimate of drug-likeness (QED) is 0.824. The van der Waals surface area contributed by atoms with Gasteiger partial charge in [-0.1, -0.05) is 12.1 Å². The van der Waals surface area contributed by atoms with Crippen LogP contribution in [-0.2, 0) is 17.5 Å². The maximum Gasteiger partial charge on any atom is 0.416 e. The van der Waals surface area contributed by atoms with Crippen LogP contribution in [0.25, 0.3) is 0 Å². The van der Waals surface area contributed by atoms with E-state index in [0.717, 1.165) is 12.1 Å². The number of benzene rings is 1. The Morgan fingerprint density at radius 1 is 1.25 bits per heavy atom. The first kappa shape index (κ1) is 12.5. The molecule has 0 aliphatic rings. The zero-order chi connectivity index (χ0) is 12.2. The normalized spacial score (nSPS) is 11.2. The standard InChI is InChI=1S/C10H11F3N2O/c11-10(12,13)8-3-1-7(2-4-8)6-15-9(16)5-14/h1-4H,5-6,14H2,(H,15,16). The zero-order valence-electron chi connectivity index (χ0n) is 8.34. The molecule has 0 spiro atoms. The lowest BCUT2D eigenvalue weighted by molar-refractivity contribution is -0.137. The van der Waals surface area contributed by atoms with Crippen molar-refractivity contribution in [2.24, 2.45) is 5.73 Å². The number of alkyl halides is 3. The number of nitrogens with one attached hydrogen (secondary N) is 1. The van der Waals surface area contributed by atoms with Crippen molar-refractivity contribution in [3.63, 3.8) is 0 Å². The van der Waals surface area contributed by atoms with Gasteiger partial charge in [0.15, 0.2) is 0 Å². The molecule has 1 amide bonds. The monoisotopic (exact) mass is 232 g/mol. The molecule has 0 heterocycles. The molecule has 0 fully saturated rings. The number of hydrogen-bond acceptors (Lipinski definition) is 2. The number of rotatable bonds is 3. The van der Waals surface area contributed by atoms with E-state index in [9.17, 15) is 18.0 Å². The zero-order valence-corrected chi connectivity index (χ0v) is 8.34. The van der Waals surface area contributed by atoms with Crippen molar-refractivity contribution in [1.29, 1.82) is 0 Å². The second kappa shape index (κ2) is 4.98. The first-order chi connectivity index (χ1) is 7.43. The van der Waals surface area contributed by atoms with Crippen molar-refractivity contribution in [1.82, 2.24) is 5.32 Å². The van der Waals surface area contributed by atoms with Crippen molar-refractivity contribution in [2.75, 3.05) is 6.54 Å². The Balaban J connectivity index is 2.62. The highest BCUT2D eigenvalue weighted by Crippen LogP contribution is 2.28. The van der Waals surface area contributed by atoms with Gasteiger partial charge in [-0.05, 0) is 17.7 Å². The van der Waals surface area contributed by atoms with Crippen molar-refractivity contribution in [3.05, 3.63) is 35.4 Å². The number of carbonyl (C=O) groups is 1. The Labute approximate surface area is 90.4 Å². The van der Waals surface area contributed by atoms with Gasteiger partial charge in [0.05, 0.1) is 12.1 Å². The third-order valence-electron chi connectivity index (χ3n) is 1.96. The molecule has 0 aromatic heterocycles. The van der Waals surface area contributed by atoms with Gasteiger partial charge in [-0.15, -0.1) is 0 Å². The molecule has 0 saturated heterocycles. The van der Waals surface area contributed by atoms with Gasteiger partial charge in [-0.3, -0.25) is 4.79 Å². The number of hydrogen-bond donors (Lipinski definition) is 2. The van der Waals surface area contributed by atoms with E-state index in [1.807, 2.05) is 0 Å². The second-order valence-electron chi connectivity index (χ2n) is 3.18. The Hall–Kier alpha value is -1.56. The number of nitrogens with two attached hydrogens (primary N) is 1. The summed E-state index contributed by atoms with van der Waals surface area (Å²) in [7, 11) is 0. The Kier molecular flexibility index (Phi) is 3.89. The van der Waals surface area contributed by atoms with E-state index < -0.39 is 11.7 Å². The van der Waals surface area contributed by atoms with Crippen LogP contribution in [0.2, 0.25) is 0 Å². The van der Waals surface area contributed by atoms with Crippen LogP contribution >= 0.6 is 0 Å². The van der Waals surface area contributed by atoms with Gasteiger partial charge in [0.1, 0.15) is 0 Å². The molecule has 1 aromatic carbocycles. The molecule has 1 aromatic rings. The van der Waals surface area contributed by atoms with E-state index in [0.29, 0.717) is 5.56 Å². The van der Waals surface area contributed by atoms with Crippen molar-refractivity contribution in [3.8, 4) is 0 Å². The van der Waals surface area contributed by atoms with Crippen LogP contribution in [0.3, 0.4) is 0 Å². The van der Waals surface area contributed by atoms with Crippen LogP contribution in [0, 0.1) is 0 Å². The SMILES string of the molecule is NCC(=O)NCc1ccc(C(F)(F)F)cc1. The van der Waals surface area contributed by atoms with Crippen LogP contribution < -0.4 is 11.1 Å². The summed E-state index contributed by atoms with van der Waals surface area (Å²) in [5.41, 5.74) is 4.94. The van der Waals surface area contributed by atoms with Crippen LogP contribution in [0.5, 0.6) is 0 Å². The predicted octanol–water partition coefficient (Wildman–Crippen LogP) is 1.28. The third kappa shape index (κ3) is 3.54. The molecule has 1 rings (SSSR count). The molecule has 0 saturated carbocycles. The average molecular weight is 232 g/mol. The summed E-state index contributed by atoms with van der Waals surface area (Å²) in [6, 6.07) is 4.59. The van der Waals surface area contributed by atoms with E-state index in [1.165, 1.54) is 12.1 Å². The molecule has 3 nitrogen and oxygen atoms in total. The molecular formula is C10H11F3N2O. The van der Waals surface area contributed by atoms with Gasteiger partial charge in [0, 0.05) is 6.54 Å². The van der Waals surface area contributed by atoms with E-state index in [1.54, 1.807) is 0 Å². The first-order valence-corrected chi connectivity index (χ1v) is 4.56. The molecule has 0 aliphatic heterocycles. The fourth-order valence-electron chi connectivity index (χ4n) is 1.08. The summed E-state index contributed by atoms with van der Waals surface area (Å²) in [5.74, 6) is -0.347. The highest BCUT2D eigenvalue weighted by molar-refractivity contribution is 5.77. The lowest BCUT2D eigenvalue weighted by Crippen LogP contribution is -2.29. The molecule has 3 N–H and O–H groups in total. The third-order valence-corrected chi connectivity index (χ3v) is 1.96. The van der Waals surface area contributed by atoms with Gasteiger partial charge in [-0.2, -0.15) is 13.2 Å². The summed E-state index contributed by atoms with van der Waals surface area (Å²) in [5, 5.41) is 2.46. The van der Waals surface area contributed by atoms with Crippen molar-refractivity contribution < 1.29 is 18.0 Å². The highest BCUT2D eigenvalue weighted by atomic mass is 19.4. The average Bonchev–Trinajstić information content (AvgIpc) is 2.25. The van der Waals surface area contributed by atoms with Crippen LogP contribution in [0.1, 0.15) is 11.1 Å². The molecule has 0 unspecified atom stereocenters. The molecule has 0 aliphatic carbocycles. The molecule has 6 heteroatoms. The Bertz CT molecular complexity index is 359. The smallest absolute Gasteiger partial charge is 0.351 e. The topological polar surface area (TPSA) is 55.1 Å². The Morgan fingerprint density at radius 2 is 1.81 bits per heavy atom. The summed E-state index contributed by atoms with van der Waals surface area (Å²) >= 11 is 0. The summed E-state index contributed by atoms with van der Waals surface area (Å²) in [6.45, 7) is 0.0365. The van der Waals surface area contributed by atoms with Gasteiger partial charge in [-0.25, -0.2) is 0 Å². The van der Waals surface area contributed by atoms with E-state index in [4.69, 9.17) is 5.73 Å². The predicted molar refractivity (Wildman–Crippen MR) is 52.3 cm³/mol. The van der Waals surface area contributed by atoms with Gasteiger partial charge >= 0.3 is 6.18 Å². The van der Waals surface area contributed by atoms with Crippen LogP contribution in [-0.4, -0.2) is 12.5 Å². The minimum atomic E-state index is -4.33. The second-order valence-corrected chi connectivity index (χ2v) is 3.18. The van der Waals surface area contributed by atoms with E-state index >= 15 is 0 Å². The highest BCUT2D eigenvalue weighted by Gasteiger charge is 2.29. The van der Waals surface area contributed by atoms with Crippen molar-refractivity contribution in [2.45, 2.75) is 12.7 Å². The largest absolute Gasteiger partial charge is 0.416 e. The minimum Gasteiger partial charge on any atom is -0.351 e. The van der Waals surface area contributed by atoms with Gasteiger partial charge in [0.2, 0.25) is 5.91 Å². The van der Waals surface area contributed by atoms with E-state index in [-0.39, 0.29) is 19.0 Å². The Morgan fingerprint density at radius 3 is 2.25 bits per heavy atom. The molecule has 0 radical (unpaired) electrons. The van der Waals surface area contributed by atoms with Crippen LogP contribution in [0.15, 0.2) is 24.3 Å². The molecule has 16 heavy (non-hydrogen) atoms. The lowest BCUT2D eigenvalue weighted by Gasteiger charge is -2.08. The summed E-state index contributed by atoms with van der Waals surface area (Å²) in [4.78, 5) is 10.8. The molecular weight excluding hydrogens is 221 g/mol. The number of halogens is 3. The van der Waals surface area contributed by atoms with Gasteiger partial charge < -0.3 is 11.1 Å². The lowest BCUT2D eigenvalue weighted by atomic mass is 10.1. The van der Waals surface area contributed by atoms with Gasteiger partial charge in [0.25, 0.3) is 0 Å². The molecule has 0 atom stereocenters. The summed E-state index contributed by atoms with van der Waals surface area (Å²) in [6.07, 6.45) is -4.33. The number of amides is 1. The summed E-state index contributed by atoms with van der Waals surface area (Å²) < 4.78 is 36.6. The van der Waals surface area contributed by atoms with E-state index in [2.05, 4.69) is 5.32 Å². The van der Waals surface area contributed by atoms with Crippen LogP contribution in [0.4, 0.5) is 13.2 Å². The fourth-order valence-corrected chi connectivity index (χ4v) is 1.08. The molecule has 88 valence electrons. The minimum absolute atomic E-state index is 0.138. The first-order valence-electron chi connectivity index (χ1n) is 4.56. The van der Waals surface area contributed by atoms with Crippen molar-refractivity contribution >= 4 is 5.91 Å². The fraction of sp³-hybridized carbons (Fsp3) is 0.300. The maximum atomic E-state index is 12.2. The number of carbonyl (C=O) groups excluding carboxylic acids is 1.